The number of aromatic nitrogens is 2. The summed E-state index contributed by atoms with van der Waals surface area (Å²) in [6.45, 7) is 2.06. The molecule has 0 aliphatic carbocycles. The summed E-state index contributed by atoms with van der Waals surface area (Å²) in [5.74, 6) is 4.30. The van der Waals surface area contributed by atoms with Gasteiger partial charge in [0.1, 0.15) is 6.42 Å². The van der Waals surface area contributed by atoms with E-state index in [0.717, 1.165) is 0 Å². The van der Waals surface area contributed by atoms with Crippen LogP contribution in [0, 0.1) is 11.8 Å². The Labute approximate surface area is 104 Å². The average molecular weight is 248 g/mol. The van der Waals surface area contributed by atoms with Gasteiger partial charge in [0, 0.05) is 12.4 Å². The minimum absolute atomic E-state index is 0.00654. The van der Waals surface area contributed by atoms with Crippen LogP contribution in [0.1, 0.15) is 29.5 Å². The van der Waals surface area contributed by atoms with Crippen molar-refractivity contribution in [2.24, 2.45) is 0 Å². The molecular formula is C12H12N2O4. The summed E-state index contributed by atoms with van der Waals surface area (Å²) < 4.78 is 9.17. The van der Waals surface area contributed by atoms with Crippen molar-refractivity contribution in [3.05, 3.63) is 23.8 Å². The number of carbonyl (C=O) groups is 2. The van der Waals surface area contributed by atoms with Crippen molar-refractivity contribution in [3.8, 4) is 11.8 Å². The Bertz CT molecular complexity index is 485. The molecule has 0 aliphatic rings. The van der Waals surface area contributed by atoms with Crippen molar-refractivity contribution < 1.29 is 19.1 Å². The lowest BCUT2D eigenvalue weighted by molar-refractivity contribution is -0.141. The standard InChI is InChI=1S/C12H12N2O4/c1-3-18-10(15)6-4-5-9-7-13-11(14-8-9)12(16)17-2/h7-8H,3,6H2,1-2H3. The molecule has 18 heavy (non-hydrogen) atoms. The van der Waals surface area contributed by atoms with Gasteiger partial charge in [0.05, 0.1) is 19.3 Å². The summed E-state index contributed by atoms with van der Waals surface area (Å²) in [5, 5.41) is 0. The first-order chi connectivity index (χ1) is 8.67. The molecule has 0 N–H and O–H groups in total. The second-order valence-electron chi connectivity index (χ2n) is 3.07. The molecule has 0 amide bonds. The van der Waals surface area contributed by atoms with E-state index in [1.54, 1.807) is 6.92 Å². The maximum absolute atomic E-state index is 11.1. The third kappa shape index (κ3) is 4.22. The SMILES string of the molecule is CCOC(=O)CC#Cc1cnc(C(=O)OC)nc1. The third-order valence-electron chi connectivity index (χ3n) is 1.79. The van der Waals surface area contributed by atoms with E-state index in [2.05, 4.69) is 26.5 Å². The van der Waals surface area contributed by atoms with Gasteiger partial charge in [0.15, 0.2) is 0 Å². The molecule has 0 aliphatic heterocycles. The number of rotatable bonds is 3. The molecule has 1 aromatic rings. The number of esters is 2. The van der Waals surface area contributed by atoms with E-state index >= 15 is 0 Å². The van der Waals surface area contributed by atoms with E-state index in [0.29, 0.717) is 12.2 Å². The molecule has 94 valence electrons. The van der Waals surface area contributed by atoms with Gasteiger partial charge in [-0.1, -0.05) is 11.8 Å². The molecule has 0 saturated carbocycles. The molecule has 0 radical (unpaired) electrons. The highest BCUT2D eigenvalue weighted by molar-refractivity contribution is 5.84. The van der Waals surface area contributed by atoms with E-state index in [1.807, 2.05) is 0 Å². The lowest BCUT2D eigenvalue weighted by Gasteiger charge is -1.96. The minimum Gasteiger partial charge on any atom is -0.465 e. The van der Waals surface area contributed by atoms with Crippen LogP contribution in [-0.2, 0) is 14.3 Å². The second-order valence-corrected chi connectivity index (χ2v) is 3.07. The first-order valence-electron chi connectivity index (χ1n) is 5.22. The number of hydrogen-bond donors (Lipinski definition) is 0. The molecule has 0 fully saturated rings. The molecule has 0 aromatic carbocycles. The number of ether oxygens (including phenoxy) is 2. The van der Waals surface area contributed by atoms with Gasteiger partial charge in [-0.15, -0.1) is 0 Å². The molecule has 0 atom stereocenters. The maximum Gasteiger partial charge on any atom is 0.376 e. The second kappa shape index (κ2) is 7.01. The van der Waals surface area contributed by atoms with Gasteiger partial charge >= 0.3 is 11.9 Å². The predicted octanol–water partition coefficient (Wildman–Crippen LogP) is 0.568. The fraction of sp³-hybridized carbons (Fsp3) is 0.333. The molecule has 1 heterocycles. The van der Waals surface area contributed by atoms with E-state index in [1.165, 1.54) is 19.5 Å². The Balaban J connectivity index is 2.61. The largest absolute Gasteiger partial charge is 0.465 e. The first-order valence-corrected chi connectivity index (χ1v) is 5.22. The zero-order valence-electron chi connectivity index (χ0n) is 10.1. The van der Waals surface area contributed by atoms with Gasteiger partial charge in [-0.2, -0.15) is 0 Å². The molecular weight excluding hydrogens is 236 g/mol. The van der Waals surface area contributed by atoms with Crippen LogP contribution >= 0.6 is 0 Å². The molecule has 0 bridgehead atoms. The Morgan fingerprint density at radius 2 is 2.00 bits per heavy atom. The van der Waals surface area contributed by atoms with Crippen molar-refractivity contribution in [3.63, 3.8) is 0 Å². The van der Waals surface area contributed by atoms with Gasteiger partial charge in [0.2, 0.25) is 5.82 Å². The molecule has 0 unspecified atom stereocenters. The van der Waals surface area contributed by atoms with Crippen LogP contribution in [0.3, 0.4) is 0 Å². The van der Waals surface area contributed by atoms with E-state index in [-0.39, 0.29) is 18.2 Å². The van der Waals surface area contributed by atoms with Crippen molar-refractivity contribution in [2.75, 3.05) is 13.7 Å². The summed E-state index contributed by atoms with van der Waals surface area (Å²) in [6, 6.07) is 0. The van der Waals surface area contributed by atoms with Crippen LogP contribution in [0.15, 0.2) is 12.4 Å². The summed E-state index contributed by atoms with van der Waals surface area (Å²) in [7, 11) is 1.25. The lowest BCUT2D eigenvalue weighted by Crippen LogP contribution is -2.06. The molecule has 6 heteroatoms. The summed E-state index contributed by atoms with van der Waals surface area (Å²) in [4.78, 5) is 29.6. The van der Waals surface area contributed by atoms with E-state index in [9.17, 15) is 9.59 Å². The highest BCUT2D eigenvalue weighted by Crippen LogP contribution is 1.96. The highest BCUT2D eigenvalue weighted by Gasteiger charge is 2.07. The normalized spacial score (nSPS) is 9.00. The fourth-order valence-corrected chi connectivity index (χ4v) is 1.02. The van der Waals surface area contributed by atoms with Crippen LogP contribution in [-0.4, -0.2) is 35.6 Å². The Hall–Kier alpha value is -2.42. The number of methoxy groups -OCH3 is 1. The average Bonchev–Trinajstić information content (AvgIpc) is 2.39. The minimum atomic E-state index is -0.610. The lowest BCUT2D eigenvalue weighted by atomic mass is 10.3. The van der Waals surface area contributed by atoms with E-state index in [4.69, 9.17) is 4.74 Å². The number of hydrogen-bond acceptors (Lipinski definition) is 6. The van der Waals surface area contributed by atoms with Crippen molar-refractivity contribution in [2.45, 2.75) is 13.3 Å². The van der Waals surface area contributed by atoms with E-state index < -0.39 is 5.97 Å². The number of nitrogens with zero attached hydrogens (tertiary/aromatic N) is 2. The van der Waals surface area contributed by atoms with Crippen LogP contribution < -0.4 is 0 Å². The van der Waals surface area contributed by atoms with Crippen molar-refractivity contribution >= 4 is 11.9 Å². The zero-order chi connectivity index (χ0) is 13.4. The summed E-state index contributed by atoms with van der Waals surface area (Å²) in [6.07, 6.45) is 2.78. The Kier molecular flexibility index (Phi) is 5.32. The third-order valence-corrected chi connectivity index (χ3v) is 1.79. The summed E-state index contributed by atoms with van der Waals surface area (Å²) in [5.41, 5.74) is 0.506. The van der Waals surface area contributed by atoms with Gasteiger partial charge in [-0.05, 0) is 6.92 Å². The predicted molar refractivity (Wildman–Crippen MR) is 61.5 cm³/mol. The van der Waals surface area contributed by atoms with Gasteiger partial charge in [-0.3, -0.25) is 4.79 Å². The molecule has 1 aromatic heterocycles. The molecule has 0 saturated heterocycles. The van der Waals surface area contributed by atoms with Crippen LogP contribution in [0.4, 0.5) is 0 Å². The molecule has 1 rings (SSSR count). The smallest absolute Gasteiger partial charge is 0.376 e. The Morgan fingerprint density at radius 3 is 2.56 bits per heavy atom. The van der Waals surface area contributed by atoms with Gasteiger partial charge < -0.3 is 9.47 Å². The zero-order valence-corrected chi connectivity index (χ0v) is 10.1. The fourth-order valence-electron chi connectivity index (χ4n) is 1.02. The van der Waals surface area contributed by atoms with Crippen molar-refractivity contribution in [1.82, 2.24) is 9.97 Å². The highest BCUT2D eigenvalue weighted by atomic mass is 16.5. The molecule has 0 spiro atoms. The van der Waals surface area contributed by atoms with Crippen LogP contribution in [0.25, 0.3) is 0 Å². The Morgan fingerprint density at radius 1 is 1.33 bits per heavy atom. The first kappa shape index (κ1) is 13.6. The van der Waals surface area contributed by atoms with Crippen LogP contribution in [0.2, 0.25) is 0 Å². The van der Waals surface area contributed by atoms with Gasteiger partial charge in [0.25, 0.3) is 0 Å². The van der Waals surface area contributed by atoms with Gasteiger partial charge in [-0.25, -0.2) is 14.8 Å². The maximum atomic E-state index is 11.1. The van der Waals surface area contributed by atoms with Crippen molar-refractivity contribution in [1.29, 1.82) is 0 Å². The molecule has 6 nitrogen and oxygen atoms in total. The van der Waals surface area contributed by atoms with Crippen LogP contribution in [0.5, 0.6) is 0 Å². The monoisotopic (exact) mass is 248 g/mol. The quantitative estimate of drug-likeness (QED) is 0.574. The topological polar surface area (TPSA) is 78.4 Å². The summed E-state index contributed by atoms with van der Waals surface area (Å²) >= 11 is 0. The number of carbonyl (C=O) groups excluding carboxylic acids is 2.